The van der Waals surface area contributed by atoms with Crippen LogP contribution in [0.25, 0.3) is 11.3 Å². The molecule has 0 bridgehead atoms. The Bertz CT molecular complexity index is 2070. The van der Waals surface area contributed by atoms with E-state index in [4.69, 9.17) is 19.2 Å². The van der Waals surface area contributed by atoms with Gasteiger partial charge < -0.3 is 34.3 Å². The first-order valence-corrected chi connectivity index (χ1v) is 19.3. The maximum atomic E-state index is 13.3. The van der Waals surface area contributed by atoms with E-state index in [-0.39, 0.29) is 35.2 Å². The van der Waals surface area contributed by atoms with E-state index in [2.05, 4.69) is 36.3 Å². The van der Waals surface area contributed by atoms with Crippen molar-refractivity contribution in [1.82, 2.24) is 19.4 Å². The van der Waals surface area contributed by atoms with Crippen molar-refractivity contribution >= 4 is 35.0 Å². The molecule has 0 saturated carbocycles. The number of ether oxygens (including phenoxy) is 3. The van der Waals surface area contributed by atoms with Crippen LogP contribution in [0.1, 0.15) is 73.4 Å². The van der Waals surface area contributed by atoms with Crippen molar-refractivity contribution in [3.05, 3.63) is 106 Å². The Labute approximate surface area is 335 Å². The molecule has 0 radical (unpaired) electrons. The third-order valence-corrected chi connectivity index (χ3v) is 9.56. The molecule has 0 unspecified atom stereocenters. The summed E-state index contributed by atoms with van der Waals surface area (Å²) in [6, 6.07) is 20.3. The van der Waals surface area contributed by atoms with Gasteiger partial charge in [0.25, 0.3) is 17.4 Å². The molecule has 0 spiro atoms. The fourth-order valence-electron chi connectivity index (χ4n) is 6.31. The number of esters is 1. The Morgan fingerprint density at radius 3 is 2.11 bits per heavy atom. The summed E-state index contributed by atoms with van der Waals surface area (Å²) in [4.78, 5) is 60.2. The van der Waals surface area contributed by atoms with E-state index in [1.807, 2.05) is 75.1 Å². The molecule has 1 saturated heterocycles. The third kappa shape index (κ3) is 12.1. The molecule has 1 aliphatic heterocycles. The molecule has 13 nitrogen and oxygen atoms in total. The van der Waals surface area contributed by atoms with Gasteiger partial charge in [0, 0.05) is 74.0 Å². The van der Waals surface area contributed by atoms with E-state index in [0.29, 0.717) is 61.1 Å². The Morgan fingerprint density at radius 1 is 0.807 bits per heavy atom. The van der Waals surface area contributed by atoms with Crippen molar-refractivity contribution in [2.24, 2.45) is 7.05 Å². The van der Waals surface area contributed by atoms with Gasteiger partial charge >= 0.3 is 5.97 Å². The number of piperazine rings is 1. The van der Waals surface area contributed by atoms with Gasteiger partial charge in [0.1, 0.15) is 12.2 Å². The van der Waals surface area contributed by atoms with Crippen molar-refractivity contribution in [3.63, 3.8) is 0 Å². The summed E-state index contributed by atoms with van der Waals surface area (Å²) in [5.41, 5.74) is 4.80. The number of hydrogen-bond acceptors (Lipinski definition) is 10. The van der Waals surface area contributed by atoms with Crippen LogP contribution in [0.5, 0.6) is 0 Å². The zero-order valence-corrected chi connectivity index (χ0v) is 34.4. The summed E-state index contributed by atoms with van der Waals surface area (Å²) in [7, 11) is 1.67. The SMILES string of the molecule is Cc1c(NC(=O)c2ccc(C(C)(C)C)cc2)cccc1-c1cn(C)c(=O)c(Nc2ccc(C(=O)N3CCN(CCOCCOCC(=O)OC(C)(C)C)CC3)cc2)n1. The van der Waals surface area contributed by atoms with Gasteiger partial charge in [0.05, 0.1) is 25.5 Å². The number of nitrogens with zero attached hydrogens (tertiary/aromatic N) is 4. The van der Waals surface area contributed by atoms with Crippen molar-refractivity contribution in [2.75, 3.05) is 69.8 Å². The number of amides is 2. The number of benzene rings is 3. The van der Waals surface area contributed by atoms with Crippen LogP contribution in [0.15, 0.2) is 77.7 Å². The van der Waals surface area contributed by atoms with Gasteiger partial charge in [-0.1, -0.05) is 45.0 Å². The lowest BCUT2D eigenvalue weighted by atomic mass is 9.86. The maximum Gasteiger partial charge on any atom is 0.332 e. The van der Waals surface area contributed by atoms with Crippen LogP contribution in [0.4, 0.5) is 17.2 Å². The quantitative estimate of drug-likeness (QED) is 0.112. The highest BCUT2D eigenvalue weighted by molar-refractivity contribution is 6.05. The Kier molecular flexibility index (Phi) is 14.0. The number of aromatic nitrogens is 2. The molecular weight excluding hydrogens is 725 g/mol. The minimum absolute atomic E-state index is 0.0132. The smallest absolute Gasteiger partial charge is 0.332 e. The molecule has 1 aliphatic rings. The van der Waals surface area contributed by atoms with Crippen molar-refractivity contribution < 1.29 is 28.6 Å². The monoisotopic (exact) mass is 780 g/mol. The summed E-state index contributed by atoms with van der Waals surface area (Å²) >= 11 is 0. The number of rotatable bonds is 14. The van der Waals surface area contributed by atoms with Crippen LogP contribution in [-0.2, 0) is 31.5 Å². The molecule has 1 aromatic heterocycles. The van der Waals surface area contributed by atoms with E-state index in [0.717, 1.165) is 36.3 Å². The van der Waals surface area contributed by atoms with Crippen LogP contribution >= 0.6 is 0 Å². The summed E-state index contributed by atoms with van der Waals surface area (Å²) in [6.45, 7) is 18.2. The molecule has 2 amide bonds. The molecule has 0 aliphatic carbocycles. The van der Waals surface area contributed by atoms with E-state index in [1.165, 1.54) is 4.57 Å². The summed E-state index contributed by atoms with van der Waals surface area (Å²) in [5, 5.41) is 6.17. The first-order chi connectivity index (χ1) is 27.0. The molecular formula is C44H56N6O7. The molecule has 4 aromatic rings. The topological polar surface area (TPSA) is 144 Å². The molecule has 5 rings (SSSR count). The van der Waals surface area contributed by atoms with Gasteiger partial charge in [-0.2, -0.15) is 0 Å². The third-order valence-electron chi connectivity index (χ3n) is 9.56. The second-order valence-electron chi connectivity index (χ2n) is 16.2. The van der Waals surface area contributed by atoms with Crippen molar-refractivity contribution in [3.8, 4) is 11.3 Å². The molecule has 2 heterocycles. The lowest BCUT2D eigenvalue weighted by Crippen LogP contribution is -2.49. The largest absolute Gasteiger partial charge is 0.458 e. The van der Waals surface area contributed by atoms with E-state index < -0.39 is 11.6 Å². The van der Waals surface area contributed by atoms with Gasteiger partial charge in [0.15, 0.2) is 5.82 Å². The van der Waals surface area contributed by atoms with E-state index in [9.17, 15) is 19.2 Å². The number of carbonyl (C=O) groups excluding carboxylic acids is 3. The van der Waals surface area contributed by atoms with Gasteiger partial charge in [-0.15, -0.1) is 0 Å². The van der Waals surface area contributed by atoms with Crippen LogP contribution in [0.3, 0.4) is 0 Å². The molecule has 1 fully saturated rings. The number of hydrogen-bond donors (Lipinski definition) is 2. The highest BCUT2D eigenvalue weighted by Crippen LogP contribution is 2.29. The highest BCUT2D eigenvalue weighted by atomic mass is 16.6. The zero-order chi connectivity index (χ0) is 41.3. The normalized spacial score (nSPS) is 13.6. The Morgan fingerprint density at radius 2 is 1.46 bits per heavy atom. The molecule has 2 N–H and O–H groups in total. The second kappa shape index (κ2) is 18.7. The number of nitrogens with one attached hydrogen (secondary N) is 2. The standard InChI is InChI=1S/C44H56N6O7/c1-30-35(10-9-11-36(30)47-40(52)31-12-16-33(17-13-31)43(2,3)4)37-28-48(8)42(54)39(46-37)45-34-18-14-32(15-19-34)41(53)50-22-20-49(21-23-50)24-25-55-26-27-56-29-38(51)57-44(5,6)7/h9-19,28H,20-27,29H2,1-8H3,(H,45,46)(H,47,52). The molecule has 3 aromatic carbocycles. The van der Waals surface area contributed by atoms with Crippen molar-refractivity contribution in [1.29, 1.82) is 0 Å². The van der Waals surface area contributed by atoms with Crippen LogP contribution in [0, 0.1) is 6.92 Å². The zero-order valence-electron chi connectivity index (χ0n) is 34.4. The Balaban J connectivity index is 1.12. The molecule has 13 heteroatoms. The summed E-state index contributed by atoms with van der Waals surface area (Å²) in [5.74, 6) is -0.532. The fourth-order valence-corrected chi connectivity index (χ4v) is 6.31. The lowest BCUT2D eigenvalue weighted by Gasteiger charge is -2.34. The van der Waals surface area contributed by atoms with Gasteiger partial charge in [-0.05, 0) is 86.7 Å². The minimum atomic E-state index is -0.538. The summed E-state index contributed by atoms with van der Waals surface area (Å²) < 4.78 is 17.7. The predicted molar refractivity (Wildman–Crippen MR) is 222 cm³/mol. The fraction of sp³-hybridized carbons (Fsp3) is 0.432. The minimum Gasteiger partial charge on any atom is -0.458 e. The number of carbonyl (C=O) groups is 3. The van der Waals surface area contributed by atoms with Crippen LogP contribution in [0.2, 0.25) is 0 Å². The molecule has 57 heavy (non-hydrogen) atoms. The Hall–Kier alpha value is -5.37. The number of aryl methyl sites for hydroxylation is 1. The first-order valence-electron chi connectivity index (χ1n) is 19.3. The summed E-state index contributed by atoms with van der Waals surface area (Å²) in [6.07, 6.45) is 1.67. The average Bonchev–Trinajstić information content (AvgIpc) is 3.16. The number of anilines is 3. The maximum absolute atomic E-state index is 13.3. The van der Waals surface area contributed by atoms with E-state index >= 15 is 0 Å². The van der Waals surface area contributed by atoms with E-state index in [1.54, 1.807) is 37.5 Å². The van der Waals surface area contributed by atoms with Crippen LogP contribution in [-0.4, -0.2) is 102 Å². The van der Waals surface area contributed by atoms with Crippen LogP contribution < -0.4 is 16.2 Å². The lowest BCUT2D eigenvalue weighted by molar-refractivity contribution is -0.160. The highest BCUT2D eigenvalue weighted by Gasteiger charge is 2.23. The average molecular weight is 781 g/mol. The van der Waals surface area contributed by atoms with Gasteiger partial charge in [0.2, 0.25) is 0 Å². The predicted octanol–water partition coefficient (Wildman–Crippen LogP) is 6.18. The first kappa shape index (κ1) is 42.8. The molecule has 304 valence electrons. The molecule has 0 atom stereocenters. The van der Waals surface area contributed by atoms with Gasteiger partial charge in [-0.25, -0.2) is 9.78 Å². The second-order valence-corrected chi connectivity index (χ2v) is 16.2. The van der Waals surface area contributed by atoms with Gasteiger partial charge in [-0.3, -0.25) is 19.3 Å². The van der Waals surface area contributed by atoms with Crippen molar-refractivity contribution in [2.45, 2.75) is 59.5 Å².